The predicted octanol–water partition coefficient (Wildman–Crippen LogP) is 2.23. The number of carbonyl (C=O) groups excluding carboxylic acids is 2. The minimum atomic E-state index is -1.06. The fourth-order valence-corrected chi connectivity index (χ4v) is 3.16. The molecule has 0 fully saturated rings. The summed E-state index contributed by atoms with van der Waals surface area (Å²) in [6.07, 6.45) is 0.914. The Balaban J connectivity index is 1.56. The van der Waals surface area contributed by atoms with Gasteiger partial charge in [0.15, 0.2) is 0 Å². The van der Waals surface area contributed by atoms with Crippen molar-refractivity contribution >= 4 is 29.1 Å². The van der Waals surface area contributed by atoms with E-state index in [9.17, 15) is 14.7 Å². The summed E-state index contributed by atoms with van der Waals surface area (Å²) in [6, 6.07) is 12.8. The molecule has 6 heteroatoms. The van der Waals surface area contributed by atoms with Gasteiger partial charge in [-0.3, -0.25) is 9.59 Å². The molecule has 0 heterocycles. The summed E-state index contributed by atoms with van der Waals surface area (Å²) in [6.45, 7) is 1.86. The molecule has 130 valence electrons. The summed E-state index contributed by atoms with van der Waals surface area (Å²) in [7, 11) is 0. The van der Waals surface area contributed by atoms with E-state index < -0.39 is 17.4 Å². The molecular weight excluding hydrogens is 340 g/mol. The SMILES string of the molecule is Cc1ccc(NC(=O)C(=O)NCC2(O)Cc3ccccc3C2)cc1Cl. The van der Waals surface area contributed by atoms with Gasteiger partial charge in [0.2, 0.25) is 0 Å². The van der Waals surface area contributed by atoms with Gasteiger partial charge < -0.3 is 15.7 Å². The normalized spacial score (nSPS) is 14.7. The lowest BCUT2D eigenvalue weighted by molar-refractivity contribution is -0.136. The summed E-state index contributed by atoms with van der Waals surface area (Å²) >= 11 is 6.00. The molecule has 1 aliphatic carbocycles. The average molecular weight is 359 g/mol. The molecule has 2 aromatic carbocycles. The van der Waals surface area contributed by atoms with Gasteiger partial charge in [-0.2, -0.15) is 0 Å². The van der Waals surface area contributed by atoms with Crippen molar-refractivity contribution in [1.29, 1.82) is 0 Å². The maximum Gasteiger partial charge on any atom is 0.313 e. The van der Waals surface area contributed by atoms with Crippen LogP contribution >= 0.6 is 11.6 Å². The smallest absolute Gasteiger partial charge is 0.313 e. The Hall–Kier alpha value is -2.37. The van der Waals surface area contributed by atoms with E-state index in [-0.39, 0.29) is 6.54 Å². The van der Waals surface area contributed by atoms with E-state index in [4.69, 9.17) is 11.6 Å². The fraction of sp³-hybridized carbons (Fsp3) is 0.263. The summed E-state index contributed by atoms with van der Waals surface area (Å²) in [5, 5.41) is 16.2. The summed E-state index contributed by atoms with van der Waals surface area (Å²) in [4.78, 5) is 24.0. The van der Waals surface area contributed by atoms with Crippen molar-refractivity contribution in [3.63, 3.8) is 0 Å². The number of fused-ring (bicyclic) bond motifs is 1. The van der Waals surface area contributed by atoms with Crippen LogP contribution in [0.2, 0.25) is 5.02 Å². The Bertz CT molecular complexity index is 810. The molecule has 0 aromatic heterocycles. The molecule has 1 aliphatic rings. The molecule has 2 aromatic rings. The van der Waals surface area contributed by atoms with Gasteiger partial charge in [0.05, 0.1) is 5.60 Å². The van der Waals surface area contributed by atoms with Crippen LogP contribution in [-0.2, 0) is 22.4 Å². The van der Waals surface area contributed by atoms with Crippen molar-refractivity contribution in [3.8, 4) is 0 Å². The number of anilines is 1. The molecule has 3 N–H and O–H groups in total. The van der Waals surface area contributed by atoms with E-state index in [0.717, 1.165) is 16.7 Å². The molecule has 0 spiro atoms. The van der Waals surface area contributed by atoms with Gasteiger partial charge in [-0.1, -0.05) is 41.9 Å². The van der Waals surface area contributed by atoms with Crippen molar-refractivity contribution < 1.29 is 14.7 Å². The molecule has 25 heavy (non-hydrogen) atoms. The van der Waals surface area contributed by atoms with E-state index in [1.807, 2.05) is 31.2 Å². The van der Waals surface area contributed by atoms with Gasteiger partial charge in [-0.25, -0.2) is 0 Å². The number of aryl methyl sites for hydroxylation is 1. The van der Waals surface area contributed by atoms with E-state index >= 15 is 0 Å². The number of rotatable bonds is 3. The van der Waals surface area contributed by atoms with Crippen LogP contribution in [0.3, 0.4) is 0 Å². The maximum atomic E-state index is 12.0. The minimum absolute atomic E-state index is 0.0165. The van der Waals surface area contributed by atoms with Crippen LogP contribution in [0.4, 0.5) is 5.69 Å². The molecule has 0 bridgehead atoms. The standard InChI is InChI=1S/C19H19ClN2O3/c1-12-6-7-15(8-16(12)20)22-18(24)17(23)21-11-19(25)9-13-4-2-3-5-14(13)10-19/h2-8,25H,9-11H2,1H3,(H,21,23)(H,22,24). The van der Waals surface area contributed by atoms with E-state index in [1.54, 1.807) is 18.2 Å². The van der Waals surface area contributed by atoms with Gasteiger partial charge >= 0.3 is 11.8 Å². The van der Waals surface area contributed by atoms with Gasteiger partial charge in [0.1, 0.15) is 0 Å². The second-order valence-electron chi connectivity index (χ2n) is 6.45. The van der Waals surface area contributed by atoms with Crippen LogP contribution in [0.5, 0.6) is 0 Å². The highest BCUT2D eigenvalue weighted by molar-refractivity contribution is 6.39. The molecule has 0 radical (unpaired) electrons. The van der Waals surface area contributed by atoms with Gasteiger partial charge in [0.25, 0.3) is 0 Å². The lowest BCUT2D eigenvalue weighted by Gasteiger charge is -2.22. The number of amides is 2. The second-order valence-corrected chi connectivity index (χ2v) is 6.85. The molecule has 3 rings (SSSR count). The Morgan fingerprint density at radius 1 is 1.12 bits per heavy atom. The van der Waals surface area contributed by atoms with Gasteiger partial charge in [-0.05, 0) is 35.7 Å². The van der Waals surface area contributed by atoms with Crippen LogP contribution in [0.15, 0.2) is 42.5 Å². The first-order valence-electron chi connectivity index (χ1n) is 8.01. The molecule has 0 saturated heterocycles. The average Bonchev–Trinajstić information content (AvgIpc) is 2.92. The largest absolute Gasteiger partial charge is 0.387 e. The summed E-state index contributed by atoms with van der Waals surface area (Å²) in [5.41, 5.74) is 2.40. The Labute approximate surface area is 151 Å². The number of aliphatic hydroxyl groups is 1. The Morgan fingerprint density at radius 3 is 2.36 bits per heavy atom. The van der Waals surface area contributed by atoms with Crippen molar-refractivity contribution in [2.75, 3.05) is 11.9 Å². The first kappa shape index (κ1) is 17.5. The van der Waals surface area contributed by atoms with Crippen LogP contribution in [0.25, 0.3) is 0 Å². The van der Waals surface area contributed by atoms with Gasteiger partial charge in [-0.15, -0.1) is 0 Å². The summed E-state index contributed by atoms with van der Waals surface area (Å²) < 4.78 is 0. The first-order chi connectivity index (χ1) is 11.9. The van der Waals surface area contributed by atoms with E-state index in [2.05, 4.69) is 10.6 Å². The fourth-order valence-electron chi connectivity index (χ4n) is 2.98. The van der Waals surface area contributed by atoms with Crippen molar-refractivity contribution in [2.45, 2.75) is 25.4 Å². The number of nitrogens with one attached hydrogen (secondary N) is 2. The highest BCUT2D eigenvalue weighted by atomic mass is 35.5. The lowest BCUT2D eigenvalue weighted by Crippen LogP contribution is -2.46. The molecule has 0 atom stereocenters. The van der Waals surface area contributed by atoms with E-state index in [0.29, 0.717) is 23.6 Å². The molecule has 0 unspecified atom stereocenters. The zero-order valence-corrected chi connectivity index (χ0v) is 14.6. The third-order valence-electron chi connectivity index (χ3n) is 4.37. The Kier molecular flexibility index (Phi) is 4.79. The second kappa shape index (κ2) is 6.86. The van der Waals surface area contributed by atoms with Crippen LogP contribution in [0, 0.1) is 6.92 Å². The van der Waals surface area contributed by atoms with Crippen LogP contribution in [0.1, 0.15) is 16.7 Å². The third-order valence-corrected chi connectivity index (χ3v) is 4.78. The number of halogens is 1. The molecule has 0 saturated carbocycles. The number of hydrogen-bond acceptors (Lipinski definition) is 3. The summed E-state index contributed by atoms with van der Waals surface area (Å²) in [5.74, 6) is -1.58. The molecule has 5 nitrogen and oxygen atoms in total. The highest BCUT2D eigenvalue weighted by Crippen LogP contribution is 2.29. The predicted molar refractivity (Wildman–Crippen MR) is 96.6 cm³/mol. The van der Waals surface area contributed by atoms with Crippen LogP contribution < -0.4 is 10.6 Å². The highest BCUT2D eigenvalue weighted by Gasteiger charge is 2.35. The maximum absolute atomic E-state index is 12.0. The van der Waals surface area contributed by atoms with Crippen molar-refractivity contribution in [3.05, 3.63) is 64.2 Å². The number of carbonyl (C=O) groups is 2. The zero-order valence-electron chi connectivity index (χ0n) is 13.8. The third kappa shape index (κ3) is 4.00. The lowest BCUT2D eigenvalue weighted by atomic mass is 10.0. The molecule has 2 amide bonds. The number of benzene rings is 2. The van der Waals surface area contributed by atoms with E-state index in [1.165, 1.54) is 0 Å². The topological polar surface area (TPSA) is 78.4 Å². The minimum Gasteiger partial charge on any atom is -0.387 e. The molecule has 0 aliphatic heterocycles. The van der Waals surface area contributed by atoms with Gasteiger partial charge in [0, 0.05) is 30.1 Å². The zero-order chi connectivity index (χ0) is 18.0. The first-order valence-corrected chi connectivity index (χ1v) is 8.39. The Morgan fingerprint density at radius 2 is 1.76 bits per heavy atom. The van der Waals surface area contributed by atoms with Crippen molar-refractivity contribution in [1.82, 2.24) is 5.32 Å². The van der Waals surface area contributed by atoms with Crippen molar-refractivity contribution in [2.24, 2.45) is 0 Å². The van der Waals surface area contributed by atoms with Crippen LogP contribution in [-0.4, -0.2) is 29.1 Å². The monoisotopic (exact) mass is 358 g/mol. The quantitative estimate of drug-likeness (QED) is 0.736. The number of hydrogen-bond donors (Lipinski definition) is 3. The molecular formula is C19H19ClN2O3.